The van der Waals surface area contributed by atoms with E-state index in [1.165, 1.54) is 0 Å². The normalized spacial score (nSPS) is 11.6. The maximum absolute atomic E-state index is 11.7. The van der Waals surface area contributed by atoms with Crippen LogP contribution in [0.25, 0.3) is 0 Å². The van der Waals surface area contributed by atoms with Gasteiger partial charge in [0.15, 0.2) is 0 Å². The van der Waals surface area contributed by atoms with E-state index in [2.05, 4.69) is 12.2 Å². The van der Waals surface area contributed by atoms with E-state index in [0.29, 0.717) is 13.0 Å². The van der Waals surface area contributed by atoms with Crippen molar-refractivity contribution in [1.29, 1.82) is 0 Å². The van der Waals surface area contributed by atoms with Gasteiger partial charge in [0.1, 0.15) is 0 Å². The third-order valence-corrected chi connectivity index (χ3v) is 2.46. The molecule has 0 saturated carbocycles. The molecule has 17 heavy (non-hydrogen) atoms. The zero-order valence-corrected chi connectivity index (χ0v) is 11.2. The number of carbonyl (C=O) groups excluding carboxylic acids is 1. The summed E-state index contributed by atoms with van der Waals surface area (Å²) >= 11 is 0. The zero-order valence-electron chi connectivity index (χ0n) is 11.2. The lowest BCUT2D eigenvalue weighted by molar-refractivity contribution is -0.137. The second kappa shape index (κ2) is 7.27. The molecule has 100 valence electrons. The number of amides is 1. The van der Waals surface area contributed by atoms with Crippen molar-refractivity contribution in [3.63, 3.8) is 0 Å². The lowest BCUT2D eigenvalue weighted by Crippen LogP contribution is -2.47. The minimum Gasteiger partial charge on any atom is -0.481 e. The number of carbonyl (C=O) groups is 2. The summed E-state index contributed by atoms with van der Waals surface area (Å²) in [6.07, 6.45) is 1.51. The molecule has 0 bridgehead atoms. The monoisotopic (exact) mass is 244 g/mol. The van der Waals surface area contributed by atoms with E-state index in [9.17, 15) is 9.59 Å². The highest BCUT2D eigenvalue weighted by atomic mass is 16.4. The van der Waals surface area contributed by atoms with Crippen molar-refractivity contribution in [2.24, 2.45) is 0 Å². The first kappa shape index (κ1) is 15.9. The number of likely N-dealkylation sites (N-methyl/N-ethyl adjacent to an activating group) is 1. The third-order valence-electron chi connectivity index (χ3n) is 2.46. The zero-order chi connectivity index (χ0) is 13.5. The van der Waals surface area contributed by atoms with Crippen molar-refractivity contribution < 1.29 is 14.7 Å². The van der Waals surface area contributed by atoms with Crippen LogP contribution in [0.4, 0.5) is 0 Å². The lowest BCUT2D eigenvalue weighted by Gasteiger charge is -2.27. The second-order valence-corrected chi connectivity index (χ2v) is 5.06. The Bertz CT molecular complexity index is 264. The highest BCUT2D eigenvalue weighted by Gasteiger charge is 2.21. The van der Waals surface area contributed by atoms with Gasteiger partial charge in [-0.15, -0.1) is 0 Å². The Kier molecular flexibility index (Phi) is 6.80. The number of carboxylic acids is 1. The topological polar surface area (TPSA) is 69.6 Å². The number of nitrogens with one attached hydrogen (secondary N) is 1. The van der Waals surface area contributed by atoms with Gasteiger partial charge in [-0.1, -0.05) is 6.92 Å². The fourth-order valence-corrected chi connectivity index (χ4v) is 1.60. The number of aliphatic carboxylic acids is 1. The molecule has 0 aromatic carbocycles. The maximum atomic E-state index is 11.7. The van der Waals surface area contributed by atoms with Crippen LogP contribution in [-0.4, -0.2) is 47.6 Å². The molecule has 0 rings (SSSR count). The smallest absolute Gasteiger partial charge is 0.303 e. The molecule has 0 aliphatic heterocycles. The highest BCUT2D eigenvalue weighted by Crippen LogP contribution is 2.10. The molecule has 0 aliphatic rings. The molecular weight excluding hydrogens is 220 g/mol. The SMILES string of the molecule is CCCN(C)CC(=O)NC(C)(C)CCC(=O)O. The molecule has 0 spiro atoms. The number of hydrogen-bond donors (Lipinski definition) is 2. The van der Waals surface area contributed by atoms with Gasteiger partial charge in [-0.05, 0) is 40.3 Å². The average Bonchev–Trinajstić information content (AvgIpc) is 2.14. The summed E-state index contributed by atoms with van der Waals surface area (Å²) < 4.78 is 0. The second-order valence-electron chi connectivity index (χ2n) is 5.06. The summed E-state index contributed by atoms with van der Waals surface area (Å²) in [5, 5.41) is 11.5. The lowest BCUT2D eigenvalue weighted by atomic mass is 9.98. The maximum Gasteiger partial charge on any atom is 0.303 e. The fourth-order valence-electron chi connectivity index (χ4n) is 1.60. The first-order valence-corrected chi connectivity index (χ1v) is 5.98. The van der Waals surface area contributed by atoms with Crippen molar-refractivity contribution in [3.8, 4) is 0 Å². The summed E-state index contributed by atoms with van der Waals surface area (Å²) in [5.74, 6) is -0.897. The van der Waals surface area contributed by atoms with E-state index >= 15 is 0 Å². The van der Waals surface area contributed by atoms with Crippen molar-refractivity contribution in [2.45, 2.75) is 45.6 Å². The number of hydrogen-bond acceptors (Lipinski definition) is 3. The van der Waals surface area contributed by atoms with E-state index in [4.69, 9.17) is 5.11 Å². The first-order chi connectivity index (χ1) is 7.76. The van der Waals surface area contributed by atoms with Crippen molar-refractivity contribution in [3.05, 3.63) is 0 Å². The number of carboxylic acid groups (broad SMARTS) is 1. The molecule has 2 N–H and O–H groups in total. The average molecular weight is 244 g/mol. The van der Waals surface area contributed by atoms with Crippen molar-refractivity contribution in [2.75, 3.05) is 20.1 Å². The molecule has 0 aromatic heterocycles. The molecule has 5 heteroatoms. The Hall–Kier alpha value is -1.10. The third kappa shape index (κ3) is 8.68. The van der Waals surface area contributed by atoms with Gasteiger partial charge >= 0.3 is 5.97 Å². The number of rotatable bonds is 8. The fraction of sp³-hybridized carbons (Fsp3) is 0.833. The van der Waals surface area contributed by atoms with Crippen LogP contribution in [-0.2, 0) is 9.59 Å². The summed E-state index contributed by atoms with van der Waals surface area (Å²) in [4.78, 5) is 24.1. The Morgan fingerprint density at radius 3 is 2.41 bits per heavy atom. The van der Waals surface area contributed by atoms with Gasteiger partial charge in [0.05, 0.1) is 6.54 Å². The van der Waals surface area contributed by atoms with Crippen molar-refractivity contribution in [1.82, 2.24) is 10.2 Å². The van der Waals surface area contributed by atoms with Crippen LogP contribution in [0.2, 0.25) is 0 Å². The Balaban J connectivity index is 4.03. The van der Waals surface area contributed by atoms with Crippen LogP contribution in [0.1, 0.15) is 40.0 Å². The predicted molar refractivity (Wildman–Crippen MR) is 66.9 cm³/mol. The van der Waals surface area contributed by atoms with Crippen molar-refractivity contribution >= 4 is 11.9 Å². The quantitative estimate of drug-likeness (QED) is 0.670. The molecule has 0 radical (unpaired) electrons. The van der Waals surface area contributed by atoms with Gasteiger partial charge in [-0.2, -0.15) is 0 Å². The van der Waals surface area contributed by atoms with Gasteiger partial charge < -0.3 is 10.4 Å². The molecule has 1 amide bonds. The molecule has 0 unspecified atom stereocenters. The van der Waals surface area contributed by atoms with E-state index in [0.717, 1.165) is 13.0 Å². The van der Waals surface area contributed by atoms with Gasteiger partial charge in [0.25, 0.3) is 0 Å². The van der Waals surface area contributed by atoms with Gasteiger partial charge in [-0.25, -0.2) is 0 Å². The van der Waals surface area contributed by atoms with Crippen LogP contribution >= 0.6 is 0 Å². The molecular formula is C12H24N2O3. The Morgan fingerprint density at radius 1 is 1.35 bits per heavy atom. The van der Waals surface area contributed by atoms with Crippen LogP contribution in [0.5, 0.6) is 0 Å². The van der Waals surface area contributed by atoms with E-state index in [-0.39, 0.29) is 12.3 Å². The van der Waals surface area contributed by atoms with Crippen LogP contribution in [0.15, 0.2) is 0 Å². The summed E-state index contributed by atoms with van der Waals surface area (Å²) in [6.45, 7) is 6.97. The Morgan fingerprint density at radius 2 is 1.94 bits per heavy atom. The first-order valence-electron chi connectivity index (χ1n) is 5.98. The summed E-state index contributed by atoms with van der Waals surface area (Å²) in [6, 6.07) is 0. The predicted octanol–water partition coefficient (Wildman–Crippen LogP) is 1.09. The minimum absolute atomic E-state index is 0.0589. The summed E-state index contributed by atoms with van der Waals surface area (Å²) in [7, 11) is 1.90. The standard InChI is InChI=1S/C12H24N2O3/c1-5-8-14(4)9-10(15)13-12(2,3)7-6-11(16)17/h5-9H2,1-4H3,(H,13,15)(H,16,17). The van der Waals surface area contributed by atoms with Gasteiger partial charge in [0.2, 0.25) is 5.91 Å². The largest absolute Gasteiger partial charge is 0.481 e. The van der Waals surface area contributed by atoms with Crippen LogP contribution in [0.3, 0.4) is 0 Å². The minimum atomic E-state index is -0.838. The molecule has 0 heterocycles. The molecule has 0 aromatic rings. The highest BCUT2D eigenvalue weighted by molar-refractivity contribution is 5.78. The number of nitrogens with zero attached hydrogens (tertiary/aromatic N) is 1. The van der Waals surface area contributed by atoms with Crippen LogP contribution < -0.4 is 5.32 Å². The van der Waals surface area contributed by atoms with Gasteiger partial charge in [0, 0.05) is 12.0 Å². The van der Waals surface area contributed by atoms with Gasteiger partial charge in [-0.3, -0.25) is 14.5 Å². The van der Waals surface area contributed by atoms with Crippen LogP contribution in [0, 0.1) is 0 Å². The molecule has 0 atom stereocenters. The molecule has 0 aliphatic carbocycles. The molecule has 0 saturated heterocycles. The Labute approximate surface area is 103 Å². The molecule has 5 nitrogen and oxygen atoms in total. The van der Waals surface area contributed by atoms with E-state index < -0.39 is 11.5 Å². The summed E-state index contributed by atoms with van der Waals surface area (Å²) in [5.41, 5.74) is -0.470. The molecule has 0 fully saturated rings. The van der Waals surface area contributed by atoms with E-state index in [1.807, 2.05) is 25.8 Å². The van der Waals surface area contributed by atoms with E-state index in [1.54, 1.807) is 0 Å².